The molecule has 3 aromatic rings. The molecule has 33 heavy (non-hydrogen) atoms. The second kappa shape index (κ2) is 8.25. The number of fused-ring (bicyclic) bond motifs is 1. The first-order chi connectivity index (χ1) is 15.4. The van der Waals surface area contributed by atoms with Gasteiger partial charge >= 0.3 is 12.4 Å². The molecule has 0 spiro atoms. The minimum Gasteiger partial charge on any atom is -0.329 e. The predicted molar refractivity (Wildman–Crippen MR) is 109 cm³/mol. The number of benzene rings is 2. The molecule has 1 amide bonds. The van der Waals surface area contributed by atoms with Gasteiger partial charge in [-0.3, -0.25) is 4.79 Å². The zero-order valence-corrected chi connectivity index (χ0v) is 17.9. The van der Waals surface area contributed by atoms with Gasteiger partial charge in [-0.15, -0.1) is 0 Å². The highest BCUT2D eigenvalue weighted by molar-refractivity contribution is 6.35. The van der Waals surface area contributed by atoms with Crippen molar-refractivity contribution in [2.75, 3.05) is 6.54 Å². The molecule has 0 fully saturated rings. The van der Waals surface area contributed by atoms with Crippen LogP contribution in [0.15, 0.2) is 42.6 Å². The van der Waals surface area contributed by atoms with Gasteiger partial charge in [0.1, 0.15) is 5.82 Å². The molecule has 4 nitrogen and oxygen atoms in total. The SMILES string of the molecule is O=C(c1cccc(C(F)(F)F)c1Cl)N1CCn2c(-c3cccc(C(F)(F)F)c3Cl)cnc2C1. The van der Waals surface area contributed by atoms with Crippen molar-refractivity contribution in [3.05, 3.63) is 75.2 Å². The molecule has 0 bridgehead atoms. The summed E-state index contributed by atoms with van der Waals surface area (Å²) in [5.74, 6) is -0.361. The highest BCUT2D eigenvalue weighted by Crippen LogP contribution is 2.40. The molecular weight excluding hydrogens is 495 g/mol. The largest absolute Gasteiger partial charge is 0.417 e. The van der Waals surface area contributed by atoms with E-state index < -0.39 is 39.4 Å². The molecule has 1 aromatic heterocycles. The standard InChI is InChI=1S/C21H13Cl2F6N3O/c22-17-11(3-1-5-13(17)20(24,25)26)15-9-30-16-10-31(7-8-32(15)16)19(33)12-4-2-6-14(18(12)23)21(27,28)29/h1-6,9H,7-8,10H2. The summed E-state index contributed by atoms with van der Waals surface area (Å²) in [6.07, 6.45) is -8.00. The molecule has 0 saturated carbocycles. The number of hydrogen-bond donors (Lipinski definition) is 0. The van der Waals surface area contributed by atoms with E-state index in [-0.39, 0.29) is 30.8 Å². The molecule has 1 aliphatic heterocycles. The Morgan fingerprint density at radius 3 is 2.12 bits per heavy atom. The molecule has 0 saturated heterocycles. The third kappa shape index (κ3) is 4.29. The molecule has 2 heterocycles. The normalized spacial score (nSPS) is 14.4. The number of carbonyl (C=O) groups excluding carboxylic acids is 1. The van der Waals surface area contributed by atoms with Crippen molar-refractivity contribution in [2.24, 2.45) is 0 Å². The Morgan fingerprint density at radius 2 is 1.48 bits per heavy atom. The third-order valence-corrected chi connectivity index (χ3v) is 6.08. The van der Waals surface area contributed by atoms with Gasteiger partial charge in [-0.05, 0) is 18.2 Å². The van der Waals surface area contributed by atoms with Crippen LogP contribution in [0.3, 0.4) is 0 Å². The molecular formula is C21H13Cl2F6N3O. The molecule has 2 aromatic carbocycles. The van der Waals surface area contributed by atoms with Crippen molar-refractivity contribution < 1.29 is 31.1 Å². The number of aromatic nitrogens is 2. The van der Waals surface area contributed by atoms with E-state index in [2.05, 4.69) is 4.98 Å². The average molecular weight is 508 g/mol. The van der Waals surface area contributed by atoms with Crippen LogP contribution in [0.5, 0.6) is 0 Å². The van der Waals surface area contributed by atoms with Gasteiger partial charge in [-0.2, -0.15) is 26.3 Å². The van der Waals surface area contributed by atoms with Gasteiger partial charge in [0.05, 0.1) is 45.2 Å². The van der Waals surface area contributed by atoms with Gasteiger partial charge in [0.15, 0.2) is 0 Å². The molecule has 0 unspecified atom stereocenters. The van der Waals surface area contributed by atoms with E-state index in [1.54, 1.807) is 4.57 Å². The molecule has 0 N–H and O–H groups in total. The van der Waals surface area contributed by atoms with Crippen molar-refractivity contribution in [1.82, 2.24) is 14.5 Å². The number of amides is 1. The first kappa shape index (κ1) is 23.4. The van der Waals surface area contributed by atoms with Crippen LogP contribution in [0.25, 0.3) is 11.3 Å². The Hall–Kier alpha value is -2.72. The lowest BCUT2D eigenvalue weighted by Gasteiger charge is -2.29. The van der Waals surface area contributed by atoms with Gasteiger partial charge in [-0.1, -0.05) is 41.4 Å². The quantitative estimate of drug-likeness (QED) is 0.369. The molecule has 4 rings (SSSR count). The van der Waals surface area contributed by atoms with Gasteiger partial charge in [0.25, 0.3) is 5.91 Å². The fourth-order valence-corrected chi connectivity index (χ4v) is 4.33. The van der Waals surface area contributed by atoms with Crippen LogP contribution >= 0.6 is 23.2 Å². The zero-order chi connectivity index (χ0) is 24.1. The van der Waals surface area contributed by atoms with Crippen LogP contribution in [0, 0.1) is 0 Å². The van der Waals surface area contributed by atoms with Gasteiger partial charge in [-0.25, -0.2) is 4.98 Å². The van der Waals surface area contributed by atoms with Crippen LogP contribution in [0.4, 0.5) is 26.3 Å². The molecule has 1 aliphatic rings. The predicted octanol–water partition coefficient (Wildman–Crippen LogP) is 6.55. The lowest BCUT2D eigenvalue weighted by molar-refractivity contribution is -0.138. The van der Waals surface area contributed by atoms with E-state index >= 15 is 0 Å². The summed E-state index contributed by atoms with van der Waals surface area (Å²) in [5.41, 5.74) is -1.93. The Bertz CT molecular complexity index is 1240. The molecule has 174 valence electrons. The summed E-state index contributed by atoms with van der Waals surface area (Å²) in [6.45, 7) is 0.167. The van der Waals surface area contributed by atoms with Crippen molar-refractivity contribution in [2.45, 2.75) is 25.4 Å². The number of carbonyl (C=O) groups is 1. The Labute approximate surface area is 193 Å². The average Bonchev–Trinajstić information content (AvgIpc) is 3.15. The van der Waals surface area contributed by atoms with E-state index in [1.807, 2.05) is 0 Å². The monoisotopic (exact) mass is 507 g/mol. The van der Waals surface area contributed by atoms with Crippen molar-refractivity contribution >= 4 is 29.1 Å². The summed E-state index contributed by atoms with van der Waals surface area (Å²) >= 11 is 11.9. The van der Waals surface area contributed by atoms with Gasteiger partial charge < -0.3 is 9.47 Å². The number of rotatable bonds is 2. The lowest BCUT2D eigenvalue weighted by Crippen LogP contribution is -2.38. The van der Waals surface area contributed by atoms with E-state index in [9.17, 15) is 31.1 Å². The molecule has 0 aliphatic carbocycles. The highest BCUT2D eigenvalue weighted by atomic mass is 35.5. The maximum atomic E-state index is 13.2. The summed E-state index contributed by atoms with van der Waals surface area (Å²) in [7, 11) is 0. The van der Waals surface area contributed by atoms with E-state index in [4.69, 9.17) is 23.2 Å². The number of alkyl halides is 6. The Morgan fingerprint density at radius 1 is 0.879 bits per heavy atom. The maximum absolute atomic E-state index is 13.2. The summed E-state index contributed by atoms with van der Waals surface area (Å²) in [4.78, 5) is 18.4. The fourth-order valence-electron chi connectivity index (χ4n) is 3.68. The highest BCUT2D eigenvalue weighted by Gasteiger charge is 2.37. The summed E-state index contributed by atoms with van der Waals surface area (Å²) in [6, 6.07) is 6.63. The number of imidazole rings is 1. The topological polar surface area (TPSA) is 38.1 Å². The van der Waals surface area contributed by atoms with Crippen LogP contribution in [-0.4, -0.2) is 26.9 Å². The summed E-state index contributed by atoms with van der Waals surface area (Å²) in [5, 5.41) is -1.16. The number of halogens is 8. The molecule has 12 heteroatoms. The smallest absolute Gasteiger partial charge is 0.329 e. The fraction of sp³-hybridized carbons (Fsp3) is 0.238. The molecule has 0 atom stereocenters. The number of nitrogens with zero attached hydrogens (tertiary/aromatic N) is 3. The second-order valence-electron chi connectivity index (χ2n) is 7.27. The van der Waals surface area contributed by atoms with Crippen molar-refractivity contribution in [3.8, 4) is 11.3 Å². The first-order valence-corrected chi connectivity index (χ1v) is 10.2. The van der Waals surface area contributed by atoms with Crippen LogP contribution in [-0.2, 0) is 25.4 Å². The maximum Gasteiger partial charge on any atom is 0.417 e. The van der Waals surface area contributed by atoms with Crippen LogP contribution in [0.2, 0.25) is 10.0 Å². The van der Waals surface area contributed by atoms with Crippen molar-refractivity contribution in [1.29, 1.82) is 0 Å². The van der Waals surface area contributed by atoms with Gasteiger partial charge in [0, 0.05) is 18.7 Å². The van der Waals surface area contributed by atoms with Crippen LogP contribution < -0.4 is 0 Å². The van der Waals surface area contributed by atoms with Crippen molar-refractivity contribution in [3.63, 3.8) is 0 Å². The first-order valence-electron chi connectivity index (χ1n) is 9.45. The lowest BCUT2D eigenvalue weighted by atomic mass is 10.1. The Kier molecular flexibility index (Phi) is 5.86. The van der Waals surface area contributed by atoms with E-state index in [0.29, 0.717) is 11.5 Å². The van der Waals surface area contributed by atoms with Gasteiger partial charge in [0.2, 0.25) is 0 Å². The third-order valence-electron chi connectivity index (χ3n) is 5.27. The number of hydrogen-bond acceptors (Lipinski definition) is 2. The second-order valence-corrected chi connectivity index (χ2v) is 8.02. The van der Waals surface area contributed by atoms with E-state index in [0.717, 1.165) is 18.2 Å². The molecule has 0 radical (unpaired) electrons. The Balaban J connectivity index is 1.64. The summed E-state index contributed by atoms with van der Waals surface area (Å²) < 4.78 is 80.6. The minimum absolute atomic E-state index is 0.0675. The van der Waals surface area contributed by atoms with Crippen LogP contribution in [0.1, 0.15) is 27.3 Å². The van der Waals surface area contributed by atoms with E-state index in [1.165, 1.54) is 29.3 Å². The zero-order valence-electron chi connectivity index (χ0n) is 16.4. The minimum atomic E-state index is -4.72.